The molecule has 1 aliphatic rings. The minimum absolute atomic E-state index is 0.400. The van der Waals surface area contributed by atoms with Gasteiger partial charge in [0.15, 0.2) is 0 Å². The summed E-state index contributed by atoms with van der Waals surface area (Å²) in [6.45, 7) is 5.71. The number of rotatable bonds is 5. The Morgan fingerprint density at radius 2 is 2.35 bits per heavy atom. The molecule has 1 aromatic carbocycles. The van der Waals surface area contributed by atoms with Crippen LogP contribution in [0.4, 0.5) is 5.69 Å². The molecule has 0 amide bonds. The molecule has 1 unspecified atom stereocenters. The number of hydrogen-bond acceptors (Lipinski definition) is 3. The van der Waals surface area contributed by atoms with Crippen LogP contribution in [0.3, 0.4) is 0 Å². The molecule has 3 heteroatoms. The topological polar surface area (TPSA) is 38.5 Å². The maximum atomic E-state index is 5.70. The average Bonchev–Trinajstić information content (AvgIpc) is 2.89. The van der Waals surface area contributed by atoms with Crippen molar-refractivity contribution in [3.05, 3.63) is 29.8 Å². The lowest BCUT2D eigenvalue weighted by molar-refractivity contribution is 0.115. The highest BCUT2D eigenvalue weighted by Crippen LogP contribution is 2.20. The first kappa shape index (κ1) is 12.4. The minimum Gasteiger partial charge on any atom is -0.376 e. The van der Waals surface area contributed by atoms with Gasteiger partial charge in [-0.1, -0.05) is 12.1 Å². The molecule has 0 bridgehead atoms. The zero-order valence-electron chi connectivity index (χ0n) is 10.6. The van der Waals surface area contributed by atoms with Crippen molar-refractivity contribution in [3.63, 3.8) is 0 Å². The Bertz CT molecular complexity index is 348. The van der Waals surface area contributed by atoms with Crippen LogP contribution in [-0.2, 0) is 11.3 Å². The van der Waals surface area contributed by atoms with Crippen LogP contribution in [0.5, 0.6) is 0 Å². The van der Waals surface area contributed by atoms with Gasteiger partial charge in [0.25, 0.3) is 0 Å². The Labute approximate surface area is 104 Å². The summed E-state index contributed by atoms with van der Waals surface area (Å²) in [6.07, 6.45) is 2.79. The Balaban J connectivity index is 2.04. The van der Waals surface area contributed by atoms with E-state index in [4.69, 9.17) is 10.5 Å². The second-order valence-electron chi connectivity index (χ2n) is 4.55. The molecule has 1 aliphatic heterocycles. The van der Waals surface area contributed by atoms with Crippen molar-refractivity contribution in [2.75, 3.05) is 24.6 Å². The van der Waals surface area contributed by atoms with Gasteiger partial charge in [0.1, 0.15) is 0 Å². The summed E-state index contributed by atoms with van der Waals surface area (Å²) in [5.41, 5.74) is 8.12. The standard InChI is InChI=1S/C14H22N2O/c1-2-16(11-14-7-4-8-17-14)13-6-3-5-12(9-13)10-15/h3,5-6,9,14H,2,4,7-8,10-11,15H2,1H3. The largest absolute Gasteiger partial charge is 0.376 e. The second kappa shape index (κ2) is 6.03. The maximum absolute atomic E-state index is 5.70. The van der Waals surface area contributed by atoms with Crippen molar-refractivity contribution in [2.24, 2.45) is 5.73 Å². The van der Waals surface area contributed by atoms with Crippen molar-refractivity contribution < 1.29 is 4.74 Å². The molecule has 0 spiro atoms. The highest BCUT2D eigenvalue weighted by molar-refractivity contribution is 5.48. The van der Waals surface area contributed by atoms with E-state index >= 15 is 0 Å². The van der Waals surface area contributed by atoms with Crippen LogP contribution in [0, 0.1) is 0 Å². The van der Waals surface area contributed by atoms with Gasteiger partial charge >= 0.3 is 0 Å². The Morgan fingerprint density at radius 1 is 1.47 bits per heavy atom. The quantitative estimate of drug-likeness (QED) is 0.848. The smallest absolute Gasteiger partial charge is 0.0750 e. The third kappa shape index (κ3) is 3.20. The molecule has 1 saturated heterocycles. The van der Waals surface area contributed by atoms with Gasteiger partial charge in [-0.05, 0) is 37.5 Å². The van der Waals surface area contributed by atoms with Gasteiger partial charge in [-0.3, -0.25) is 0 Å². The van der Waals surface area contributed by atoms with Crippen molar-refractivity contribution in [1.82, 2.24) is 0 Å². The Kier molecular flexibility index (Phi) is 4.40. The fraction of sp³-hybridized carbons (Fsp3) is 0.571. The molecule has 0 aliphatic carbocycles. The van der Waals surface area contributed by atoms with Gasteiger partial charge in [-0.25, -0.2) is 0 Å². The number of benzene rings is 1. The molecule has 0 aromatic heterocycles. The van der Waals surface area contributed by atoms with E-state index in [-0.39, 0.29) is 0 Å². The highest BCUT2D eigenvalue weighted by atomic mass is 16.5. The van der Waals surface area contributed by atoms with Crippen LogP contribution < -0.4 is 10.6 Å². The SMILES string of the molecule is CCN(CC1CCCO1)c1cccc(CN)c1. The molecular formula is C14H22N2O. The summed E-state index contributed by atoms with van der Waals surface area (Å²) in [5.74, 6) is 0. The summed E-state index contributed by atoms with van der Waals surface area (Å²) >= 11 is 0. The molecule has 1 heterocycles. The van der Waals surface area contributed by atoms with Gasteiger partial charge in [0, 0.05) is 31.9 Å². The predicted molar refractivity (Wildman–Crippen MR) is 71.2 cm³/mol. The maximum Gasteiger partial charge on any atom is 0.0750 e. The monoisotopic (exact) mass is 234 g/mol. The fourth-order valence-corrected chi connectivity index (χ4v) is 2.33. The summed E-state index contributed by atoms with van der Waals surface area (Å²) in [4.78, 5) is 2.37. The Hall–Kier alpha value is -1.06. The van der Waals surface area contributed by atoms with E-state index in [1.54, 1.807) is 0 Å². The molecule has 2 N–H and O–H groups in total. The van der Waals surface area contributed by atoms with Gasteiger partial charge in [-0.15, -0.1) is 0 Å². The predicted octanol–water partition coefficient (Wildman–Crippen LogP) is 2.15. The molecule has 1 aromatic rings. The molecule has 1 fully saturated rings. The van der Waals surface area contributed by atoms with Crippen LogP contribution in [0.2, 0.25) is 0 Å². The van der Waals surface area contributed by atoms with Crippen LogP contribution in [0.15, 0.2) is 24.3 Å². The third-order valence-corrected chi connectivity index (χ3v) is 3.34. The lowest BCUT2D eigenvalue weighted by Crippen LogP contribution is -2.32. The van der Waals surface area contributed by atoms with Crippen LogP contribution in [0.25, 0.3) is 0 Å². The number of likely N-dealkylation sites (N-methyl/N-ethyl adjacent to an activating group) is 1. The van der Waals surface area contributed by atoms with Gasteiger partial charge in [0.05, 0.1) is 6.10 Å². The van der Waals surface area contributed by atoms with E-state index in [0.717, 1.165) is 19.7 Å². The molecule has 2 rings (SSSR count). The number of hydrogen-bond donors (Lipinski definition) is 1. The van der Waals surface area contributed by atoms with E-state index in [9.17, 15) is 0 Å². The van der Waals surface area contributed by atoms with E-state index < -0.39 is 0 Å². The Morgan fingerprint density at radius 3 is 3.00 bits per heavy atom. The van der Waals surface area contributed by atoms with Gasteiger partial charge in [-0.2, -0.15) is 0 Å². The van der Waals surface area contributed by atoms with Crippen LogP contribution in [0.1, 0.15) is 25.3 Å². The number of ether oxygens (including phenoxy) is 1. The summed E-state index contributed by atoms with van der Waals surface area (Å²) in [6, 6.07) is 8.48. The molecule has 0 saturated carbocycles. The molecule has 0 radical (unpaired) electrons. The second-order valence-corrected chi connectivity index (χ2v) is 4.55. The van der Waals surface area contributed by atoms with E-state index in [1.165, 1.54) is 24.1 Å². The zero-order chi connectivity index (χ0) is 12.1. The number of nitrogens with two attached hydrogens (primary N) is 1. The summed E-state index contributed by atoms with van der Waals surface area (Å²) in [5, 5.41) is 0. The molecule has 17 heavy (non-hydrogen) atoms. The number of anilines is 1. The third-order valence-electron chi connectivity index (χ3n) is 3.34. The van der Waals surface area contributed by atoms with Crippen molar-refractivity contribution in [1.29, 1.82) is 0 Å². The van der Waals surface area contributed by atoms with Crippen LogP contribution >= 0.6 is 0 Å². The molecular weight excluding hydrogens is 212 g/mol. The van der Waals surface area contributed by atoms with E-state index in [0.29, 0.717) is 12.6 Å². The molecule has 1 atom stereocenters. The molecule has 3 nitrogen and oxygen atoms in total. The first-order chi connectivity index (χ1) is 8.33. The van der Waals surface area contributed by atoms with Crippen molar-refractivity contribution >= 4 is 5.69 Å². The summed E-state index contributed by atoms with van der Waals surface area (Å²) in [7, 11) is 0. The van der Waals surface area contributed by atoms with Crippen molar-refractivity contribution in [2.45, 2.75) is 32.4 Å². The van der Waals surface area contributed by atoms with E-state index in [1.807, 2.05) is 0 Å². The minimum atomic E-state index is 0.400. The summed E-state index contributed by atoms with van der Waals surface area (Å²) < 4.78 is 5.70. The normalized spacial score (nSPS) is 19.5. The first-order valence-corrected chi connectivity index (χ1v) is 6.49. The van der Waals surface area contributed by atoms with Crippen LogP contribution in [-0.4, -0.2) is 25.8 Å². The number of nitrogens with zero attached hydrogens (tertiary/aromatic N) is 1. The van der Waals surface area contributed by atoms with Gasteiger partial charge < -0.3 is 15.4 Å². The first-order valence-electron chi connectivity index (χ1n) is 6.49. The van der Waals surface area contributed by atoms with Crippen molar-refractivity contribution in [3.8, 4) is 0 Å². The lowest BCUT2D eigenvalue weighted by atomic mass is 10.1. The zero-order valence-corrected chi connectivity index (χ0v) is 10.6. The molecule has 94 valence electrons. The highest BCUT2D eigenvalue weighted by Gasteiger charge is 2.18. The van der Waals surface area contributed by atoms with E-state index in [2.05, 4.69) is 36.1 Å². The fourth-order valence-electron chi connectivity index (χ4n) is 2.33. The lowest BCUT2D eigenvalue weighted by Gasteiger charge is -2.26. The van der Waals surface area contributed by atoms with Gasteiger partial charge in [0.2, 0.25) is 0 Å². The average molecular weight is 234 g/mol.